The highest BCUT2D eigenvalue weighted by Gasteiger charge is 2.13. The second-order valence-corrected chi connectivity index (χ2v) is 5.45. The molecule has 0 saturated carbocycles. The topological polar surface area (TPSA) is 89.1 Å². The van der Waals surface area contributed by atoms with Crippen LogP contribution in [0.25, 0.3) is 23.0 Å². The molecule has 0 fully saturated rings. The van der Waals surface area contributed by atoms with Gasteiger partial charge in [0.15, 0.2) is 0 Å². The Balaban J connectivity index is 1.82. The molecule has 0 amide bonds. The highest BCUT2D eigenvalue weighted by atomic mass is 16.4. The first-order valence-corrected chi connectivity index (χ1v) is 7.80. The third-order valence-electron chi connectivity index (χ3n) is 3.64. The quantitative estimate of drug-likeness (QED) is 0.741. The number of aryl methyl sites for hydroxylation is 1. The van der Waals surface area contributed by atoms with Crippen molar-refractivity contribution in [2.45, 2.75) is 26.2 Å². The Morgan fingerprint density at radius 2 is 2.00 bits per heavy atom. The number of unbranched alkanes of at least 4 members (excludes halogenated alkanes) is 1. The number of nitrogens with zero attached hydrogens (tertiary/aromatic N) is 3. The van der Waals surface area contributed by atoms with Crippen molar-refractivity contribution in [3.05, 3.63) is 53.7 Å². The Kier molecular flexibility index (Phi) is 4.65. The van der Waals surface area contributed by atoms with Gasteiger partial charge in [-0.2, -0.15) is 0 Å². The van der Waals surface area contributed by atoms with Gasteiger partial charge in [-0.15, -0.1) is 10.2 Å². The molecule has 0 spiro atoms. The largest absolute Gasteiger partial charge is 0.478 e. The Bertz CT molecular complexity index is 841. The molecule has 0 radical (unpaired) electrons. The predicted octanol–water partition coefficient (Wildman–Crippen LogP) is 3.84. The lowest BCUT2D eigenvalue weighted by Crippen LogP contribution is -1.95. The van der Waals surface area contributed by atoms with Crippen LogP contribution in [0, 0.1) is 0 Å². The number of hydrogen-bond donors (Lipinski definition) is 1. The molecule has 0 aliphatic carbocycles. The number of hydrogen-bond acceptors (Lipinski definition) is 5. The van der Waals surface area contributed by atoms with Crippen LogP contribution in [-0.4, -0.2) is 26.3 Å². The summed E-state index contributed by atoms with van der Waals surface area (Å²) in [5.41, 5.74) is 2.51. The Morgan fingerprint density at radius 3 is 2.71 bits per heavy atom. The van der Waals surface area contributed by atoms with Crippen molar-refractivity contribution in [1.29, 1.82) is 0 Å². The van der Waals surface area contributed by atoms with E-state index < -0.39 is 5.97 Å². The summed E-state index contributed by atoms with van der Waals surface area (Å²) in [5, 5.41) is 17.0. The zero-order valence-corrected chi connectivity index (χ0v) is 13.3. The maximum atomic E-state index is 11.0. The average molecular weight is 323 g/mol. The fraction of sp³-hybridized carbons (Fsp3) is 0.222. The first-order valence-electron chi connectivity index (χ1n) is 7.80. The highest BCUT2D eigenvalue weighted by Crippen LogP contribution is 2.23. The lowest BCUT2D eigenvalue weighted by Gasteiger charge is -2.00. The summed E-state index contributed by atoms with van der Waals surface area (Å²) in [4.78, 5) is 15.4. The van der Waals surface area contributed by atoms with Crippen molar-refractivity contribution >= 4 is 5.97 Å². The maximum absolute atomic E-state index is 11.0. The summed E-state index contributed by atoms with van der Waals surface area (Å²) in [6.07, 6.45) is 5.09. The van der Waals surface area contributed by atoms with E-state index in [4.69, 9.17) is 9.52 Å². The minimum atomic E-state index is -0.999. The first kappa shape index (κ1) is 15.9. The second-order valence-electron chi connectivity index (χ2n) is 5.45. The smallest absolute Gasteiger partial charge is 0.335 e. The van der Waals surface area contributed by atoms with Crippen LogP contribution in [0.5, 0.6) is 0 Å². The minimum Gasteiger partial charge on any atom is -0.478 e. The van der Waals surface area contributed by atoms with Crippen LogP contribution in [0.4, 0.5) is 0 Å². The molecule has 2 aromatic heterocycles. The van der Waals surface area contributed by atoms with Crippen molar-refractivity contribution in [3.63, 3.8) is 0 Å². The third-order valence-corrected chi connectivity index (χ3v) is 3.64. The standard InChI is InChI=1S/C18H17N3O3/c1-2-3-5-12-8-9-15(19-11-12)17-21-20-16(24-17)13-6-4-7-14(10-13)18(22)23/h4,6-11H,2-3,5H2,1H3,(H,22,23). The van der Waals surface area contributed by atoms with Crippen molar-refractivity contribution < 1.29 is 14.3 Å². The molecule has 2 heterocycles. The van der Waals surface area contributed by atoms with Gasteiger partial charge in [-0.05, 0) is 42.7 Å². The van der Waals surface area contributed by atoms with Gasteiger partial charge < -0.3 is 9.52 Å². The zero-order chi connectivity index (χ0) is 16.9. The fourth-order valence-corrected chi connectivity index (χ4v) is 2.31. The van der Waals surface area contributed by atoms with Crippen LogP contribution in [0.3, 0.4) is 0 Å². The van der Waals surface area contributed by atoms with E-state index in [1.807, 2.05) is 18.3 Å². The summed E-state index contributed by atoms with van der Waals surface area (Å²) in [5.74, 6) is -0.418. The van der Waals surface area contributed by atoms with E-state index >= 15 is 0 Å². The number of carboxylic acids is 1. The Morgan fingerprint density at radius 1 is 1.17 bits per heavy atom. The highest BCUT2D eigenvalue weighted by molar-refractivity contribution is 5.88. The molecule has 0 aliphatic rings. The van der Waals surface area contributed by atoms with E-state index in [0.29, 0.717) is 17.1 Å². The van der Waals surface area contributed by atoms with Gasteiger partial charge in [-0.1, -0.05) is 25.5 Å². The van der Waals surface area contributed by atoms with Crippen molar-refractivity contribution in [2.24, 2.45) is 0 Å². The monoisotopic (exact) mass is 323 g/mol. The van der Waals surface area contributed by atoms with Gasteiger partial charge in [0.25, 0.3) is 5.89 Å². The van der Waals surface area contributed by atoms with E-state index in [0.717, 1.165) is 19.3 Å². The molecule has 0 unspecified atom stereocenters. The van der Waals surface area contributed by atoms with E-state index in [-0.39, 0.29) is 11.5 Å². The lowest BCUT2D eigenvalue weighted by molar-refractivity contribution is 0.0697. The third kappa shape index (κ3) is 3.48. The predicted molar refractivity (Wildman–Crippen MR) is 88.5 cm³/mol. The number of carbonyl (C=O) groups is 1. The summed E-state index contributed by atoms with van der Waals surface area (Å²) in [6, 6.07) is 10.2. The van der Waals surface area contributed by atoms with Crippen LogP contribution in [0.1, 0.15) is 35.7 Å². The molecular weight excluding hydrogens is 306 g/mol. The van der Waals surface area contributed by atoms with E-state index in [1.165, 1.54) is 17.7 Å². The molecule has 1 N–H and O–H groups in total. The molecular formula is C18H17N3O3. The minimum absolute atomic E-state index is 0.172. The van der Waals surface area contributed by atoms with E-state index in [1.54, 1.807) is 12.1 Å². The molecule has 0 saturated heterocycles. The number of aromatic carboxylic acids is 1. The molecule has 3 aromatic rings. The summed E-state index contributed by atoms with van der Waals surface area (Å²) in [7, 11) is 0. The molecule has 122 valence electrons. The van der Waals surface area contributed by atoms with Crippen LogP contribution in [0.15, 0.2) is 47.0 Å². The van der Waals surface area contributed by atoms with Crippen molar-refractivity contribution in [2.75, 3.05) is 0 Å². The summed E-state index contributed by atoms with van der Waals surface area (Å²) < 4.78 is 5.63. The molecule has 6 nitrogen and oxygen atoms in total. The molecule has 6 heteroatoms. The molecule has 24 heavy (non-hydrogen) atoms. The molecule has 3 rings (SSSR count). The van der Waals surface area contributed by atoms with Crippen molar-refractivity contribution in [1.82, 2.24) is 15.2 Å². The van der Waals surface area contributed by atoms with Gasteiger partial charge in [0.2, 0.25) is 5.89 Å². The van der Waals surface area contributed by atoms with Gasteiger partial charge in [-0.25, -0.2) is 4.79 Å². The molecule has 1 aromatic carbocycles. The van der Waals surface area contributed by atoms with Gasteiger partial charge in [0, 0.05) is 11.8 Å². The molecule has 0 aliphatic heterocycles. The molecule has 0 atom stereocenters. The number of pyridine rings is 1. The Hall–Kier alpha value is -3.02. The van der Waals surface area contributed by atoms with E-state index in [9.17, 15) is 4.79 Å². The Labute approximate surface area is 139 Å². The van der Waals surface area contributed by atoms with Crippen LogP contribution >= 0.6 is 0 Å². The number of carboxylic acid groups (broad SMARTS) is 1. The molecule has 0 bridgehead atoms. The van der Waals surface area contributed by atoms with Gasteiger partial charge in [0.1, 0.15) is 5.69 Å². The van der Waals surface area contributed by atoms with E-state index in [2.05, 4.69) is 22.1 Å². The summed E-state index contributed by atoms with van der Waals surface area (Å²) >= 11 is 0. The normalized spacial score (nSPS) is 10.7. The van der Waals surface area contributed by atoms with Gasteiger partial charge in [0.05, 0.1) is 5.56 Å². The van der Waals surface area contributed by atoms with Gasteiger partial charge in [-0.3, -0.25) is 4.98 Å². The number of rotatable bonds is 6. The number of benzene rings is 1. The summed E-state index contributed by atoms with van der Waals surface area (Å²) in [6.45, 7) is 2.15. The average Bonchev–Trinajstić information content (AvgIpc) is 3.10. The SMILES string of the molecule is CCCCc1ccc(-c2nnc(-c3cccc(C(=O)O)c3)o2)nc1. The van der Waals surface area contributed by atoms with Crippen molar-refractivity contribution in [3.8, 4) is 23.0 Å². The second kappa shape index (κ2) is 7.04. The van der Waals surface area contributed by atoms with Gasteiger partial charge >= 0.3 is 5.97 Å². The fourth-order valence-electron chi connectivity index (χ4n) is 2.31. The number of aromatic nitrogens is 3. The van der Waals surface area contributed by atoms with Crippen LogP contribution < -0.4 is 0 Å². The lowest BCUT2D eigenvalue weighted by atomic mass is 10.1. The maximum Gasteiger partial charge on any atom is 0.335 e. The zero-order valence-electron chi connectivity index (χ0n) is 13.3. The van der Waals surface area contributed by atoms with Crippen LogP contribution in [-0.2, 0) is 6.42 Å². The first-order chi connectivity index (χ1) is 11.7. The van der Waals surface area contributed by atoms with Crippen LogP contribution in [0.2, 0.25) is 0 Å².